The summed E-state index contributed by atoms with van der Waals surface area (Å²) in [5, 5.41) is 3.41. The molecule has 0 unspecified atom stereocenters. The van der Waals surface area contributed by atoms with Crippen molar-refractivity contribution in [3.8, 4) is 17.2 Å². The zero-order valence-corrected chi connectivity index (χ0v) is 21.2. The molecule has 3 N–H and O–H groups in total. The maximum atomic E-state index is 6.12. The zero-order chi connectivity index (χ0) is 22.5. The minimum Gasteiger partial charge on any atom is -0.493 e. The molecule has 2 heterocycles. The Labute approximate surface area is 212 Å². The van der Waals surface area contributed by atoms with E-state index in [4.69, 9.17) is 15.2 Å². The fraction of sp³-hybridized carbons (Fsp3) is 0.280. The standard InChI is InChI=1S/C25H29N5O2.2ClH/c1-17(2)15-31-20-5-4-6-21(14-20)32-23-8-7-19(13-18(23)3)29-25-24-22(27-16-28-25)9-11-30(24)12-10-26;;/h4-9,11,13-14,16-17H,10,12,15,26H2,1-3H3,(H,27,28,29);2*1H. The molecule has 0 aliphatic carbocycles. The van der Waals surface area contributed by atoms with E-state index in [1.165, 1.54) is 0 Å². The monoisotopic (exact) mass is 503 g/mol. The van der Waals surface area contributed by atoms with Crippen LogP contribution < -0.4 is 20.5 Å². The van der Waals surface area contributed by atoms with Crippen LogP contribution in [0.3, 0.4) is 0 Å². The van der Waals surface area contributed by atoms with Gasteiger partial charge in [-0.15, -0.1) is 24.8 Å². The van der Waals surface area contributed by atoms with Crippen molar-refractivity contribution in [2.75, 3.05) is 18.5 Å². The van der Waals surface area contributed by atoms with Crippen molar-refractivity contribution in [1.29, 1.82) is 0 Å². The van der Waals surface area contributed by atoms with Gasteiger partial charge in [-0.25, -0.2) is 9.97 Å². The van der Waals surface area contributed by atoms with Gasteiger partial charge in [0.1, 0.15) is 29.1 Å². The zero-order valence-electron chi connectivity index (χ0n) is 19.5. The van der Waals surface area contributed by atoms with Crippen LogP contribution in [0.15, 0.2) is 61.1 Å². The van der Waals surface area contributed by atoms with Crippen LogP contribution in [0, 0.1) is 12.8 Å². The Morgan fingerprint density at radius 3 is 2.56 bits per heavy atom. The van der Waals surface area contributed by atoms with Crippen molar-refractivity contribution in [2.45, 2.75) is 27.3 Å². The molecule has 0 atom stereocenters. The molecule has 0 aliphatic heterocycles. The van der Waals surface area contributed by atoms with Crippen molar-refractivity contribution in [2.24, 2.45) is 11.7 Å². The number of hydrogen-bond donors (Lipinski definition) is 2. The average molecular weight is 504 g/mol. The van der Waals surface area contributed by atoms with E-state index in [1.807, 2.05) is 61.7 Å². The predicted octanol–water partition coefficient (Wildman–Crippen LogP) is 6.11. The summed E-state index contributed by atoms with van der Waals surface area (Å²) < 4.78 is 14.0. The summed E-state index contributed by atoms with van der Waals surface area (Å²) in [5.74, 6) is 3.55. The summed E-state index contributed by atoms with van der Waals surface area (Å²) in [4.78, 5) is 8.80. The molecule has 4 rings (SSSR count). The number of anilines is 2. The van der Waals surface area contributed by atoms with Gasteiger partial charge in [0, 0.05) is 31.0 Å². The molecule has 0 fully saturated rings. The quantitative estimate of drug-likeness (QED) is 0.286. The van der Waals surface area contributed by atoms with E-state index in [0.717, 1.165) is 45.4 Å². The number of hydrogen-bond acceptors (Lipinski definition) is 6. The van der Waals surface area contributed by atoms with Gasteiger partial charge in [0.25, 0.3) is 0 Å². The fourth-order valence-electron chi connectivity index (χ4n) is 3.45. The van der Waals surface area contributed by atoms with E-state index < -0.39 is 0 Å². The van der Waals surface area contributed by atoms with E-state index in [1.54, 1.807) is 6.33 Å². The largest absolute Gasteiger partial charge is 0.493 e. The predicted molar refractivity (Wildman–Crippen MR) is 142 cm³/mol. The van der Waals surface area contributed by atoms with Crippen LogP contribution in [0.25, 0.3) is 11.0 Å². The number of benzene rings is 2. The van der Waals surface area contributed by atoms with E-state index in [0.29, 0.717) is 25.6 Å². The molecule has 0 amide bonds. The number of halogens is 2. The fourth-order valence-corrected chi connectivity index (χ4v) is 3.45. The summed E-state index contributed by atoms with van der Waals surface area (Å²) >= 11 is 0. The lowest BCUT2D eigenvalue weighted by Gasteiger charge is -2.14. The Morgan fingerprint density at radius 2 is 1.82 bits per heavy atom. The molecule has 0 bridgehead atoms. The summed E-state index contributed by atoms with van der Waals surface area (Å²) in [6, 6.07) is 15.7. The van der Waals surface area contributed by atoms with Gasteiger partial charge in [-0.3, -0.25) is 0 Å². The molecule has 182 valence electrons. The number of nitrogens with one attached hydrogen (secondary N) is 1. The van der Waals surface area contributed by atoms with Crippen molar-refractivity contribution in [1.82, 2.24) is 14.5 Å². The Balaban J connectivity index is 0.00000204. The number of aryl methyl sites for hydroxylation is 1. The molecule has 9 heteroatoms. The van der Waals surface area contributed by atoms with Gasteiger partial charge in [0.2, 0.25) is 0 Å². The third-order valence-corrected chi connectivity index (χ3v) is 4.97. The number of fused-ring (bicyclic) bond motifs is 1. The smallest absolute Gasteiger partial charge is 0.158 e. The minimum absolute atomic E-state index is 0. The average Bonchev–Trinajstić information content (AvgIpc) is 3.19. The van der Waals surface area contributed by atoms with Gasteiger partial charge < -0.3 is 25.1 Å². The highest BCUT2D eigenvalue weighted by Gasteiger charge is 2.11. The first-order chi connectivity index (χ1) is 15.5. The molecule has 0 saturated heterocycles. The number of rotatable bonds is 9. The summed E-state index contributed by atoms with van der Waals surface area (Å²) in [6.45, 7) is 8.20. The maximum absolute atomic E-state index is 6.12. The molecule has 4 aromatic rings. The topological polar surface area (TPSA) is 87.2 Å². The lowest BCUT2D eigenvalue weighted by Crippen LogP contribution is -2.10. The van der Waals surface area contributed by atoms with Crippen molar-refractivity contribution in [3.05, 3.63) is 66.6 Å². The number of ether oxygens (including phenoxy) is 2. The van der Waals surface area contributed by atoms with Crippen LogP contribution in [0.4, 0.5) is 11.5 Å². The Morgan fingerprint density at radius 1 is 1.03 bits per heavy atom. The Bertz CT molecular complexity index is 1210. The van der Waals surface area contributed by atoms with Crippen molar-refractivity contribution < 1.29 is 9.47 Å². The van der Waals surface area contributed by atoms with E-state index in [2.05, 4.69) is 33.7 Å². The Kier molecular flexibility index (Phi) is 9.98. The first-order valence-electron chi connectivity index (χ1n) is 10.8. The van der Waals surface area contributed by atoms with E-state index in [9.17, 15) is 0 Å². The lowest BCUT2D eigenvalue weighted by atomic mass is 10.2. The third kappa shape index (κ3) is 6.53. The second kappa shape index (κ2) is 12.5. The summed E-state index contributed by atoms with van der Waals surface area (Å²) in [6.07, 6.45) is 3.55. The highest BCUT2D eigenvalue weighted by Crippen LogP contribution is 2.31. The van der Waals surface area contributed by atoms with Gasteiger partial charge in [-0.05, 0) is 54.8 Å². The molecule has 34 heavy (non-hydrogen) atoms. The van der Waals surface area contributed by atoms with E-state index in [-0.39, 0.29) is 24.8 Å². The van der Waals surface area contributed by atoms with Crippen LogP contribution in [-0.2, 0) is 6.54 Å². The van der Waals surface area contributed by atoms with Gasteiger partial charge >= 0.3 is 0 Å². The molecular weight excluding hydrogens is 473 g/mol. The number of aromatic nitrogens is 3. The molecule has 7 nitrogen and oxygen atoms in total. The molecule has 0 radical (unpaired) electrons. The van der Waals surface area contributed by atoms with Crippen LogP contribution >= 0.6 is 24.8 Å². The molecule has 0 aliphatic rings. The first kappa shape index (κ1) is 27.2. The third-order valence-electron chi connectivity index (χ3n) is 4.97. The molecule has 2 aromatic carbocycles. The molecular formula is C25H31Cl2N5O2. The summed E-state index contributed by atoms with van der Waals surface area (Å²) in [5.41, 5.74) is 9.50. The van der Waals surface area contributed by atoms with Gasteiger partial charge in [0.05, 0.1) is 12.1 Å². The van der Waals surface area contributed by atoms with Crippen molar-refractivity contribution in [3.63, 3.8) is 0 Å². The summed E-state index contributed by atoms with van der Waals surface area (Å²) in [7, 11) is 0. The Hall–Kier alpha value is -3.00. The maximum Gasteiger partial charge on any atom is 0.158 e. The first-order valence-corrected chi connectivity index (χ1v) is 10.8. The van der Waals surface area contributed by atoms with E-state index >= 15 is 0 Å². The van der Waals surface area contributed by atoms with Crippen LogP contribution in [0.2, 0.25) is 0 Å². The second-order valence-electron chi connectivity index (χ2n) is 8.14. The second-order valence-corrected chi connectivity index (χ2v) is 8.14. The van der Waals surface area contributed by atoms with Crippen LogP contribution in [0.5, 0.6) is 17.2 Å². The minimum atomic E-state index is 0. The number of nitrogens with two attached hydrogens (primary N) is 1. The normalized spacial score (nSPS) is 10.5. The van der Waals surface area contributed by atoms with Gasteiger partial charge in [0.15, 0.2) is 5.82 Å². The molecule has 2 aromatic heterocycles. The van der Waals surface area contributed by atoms with Crippen molar-refractivity contribution >= 4 is 47.4 Å². The molecule has 0 saturated carbocycles. The highest BCUT2D eigenvalue weighted by atomic mass is 35.5. The number of nitrogens with zero attached hydrogens (tertiary/aromatic N) is 3. The van der Waals surface area contributed by atoms with Gasteiger partial charge in [-0.2, -0.15) is 0 Å². The van der Waals surface area contributed by atoms with Crippen LogP contribution in [0.1, 0.15) is 19.4 Å². The van der Waals surface area contributed by atoms with Crippen LogP contribution in [-0.4, -0.2) is 27.7 Å². The van der Waals surface area contributed by atoms with Gasteiger partial charge in [-0.1, -0.05) is 19.9 Å². The SMILES string of the molecule is Cc1cc(Nc2ncnc3ccn(CCN)c23)ccc1Oc1cccc(OCC(C)C)c1.Cl.Cl. The lowest BCUT2D eigenvalue weighted by molar-refractivity contribution is 0.270. The highest BCUT2D eigenvalue weighted by molar-refractivity contribution is 5.88. The molecule has 0 spiro atoms.